The zero-order valence-electron chi connectivity index (χ0n) is 17.6. The van der Waals surface area contributed by atoms with Gasteiger partial charge in [-0.15, -0.1) is 0 Å². The van der Waals surface area contributed by atoms with Crippen molar-refractivity contribution < 1.29 is 4.79 Å². The molecule has 5 aromatic rings. The van der Waals surface area contributed by atoms with E-state index in [1.165, 1.54) is 0 Å². The molecule has 0 bridgehead atoms. The fourth-order valence-electron chi connectivity index (χ4n) is 3.90. The molecule has 0 unspecified atom stereocenters. The van der Waals surface area contributed by atoms with Crippen LogP contribution in [0.3, 0.4) is 0 Å². The van der Waals surface area contributed by atoms with E-state index in [9.17, 15) is 4.79 Å². The van der Waals surface area contributed by atoms with Crippen molar-refractivity contribution in [2.75, 3.05) is 12.4 Å². The van der Waals surface area contributed by atoms with Gasteiger partial charge in [0.25, 0.3) is 5.91 Å². The molecule has 0 fully saturated rings. The second kappa shape index (κ2) is 8.01. The molecule has 0 aliphatic heterocycles. The van der Waals surface area contributed by atoms with E-state index >= 15 is 0 Å². The number of H-pyrrole nitrogens is 1. The number of anilines is 1. The SMILES string of the molecule is CNc1nc2[nH]c(-c3cccc(CNC(=O)c4ccccc4Cl)c3)cc2c2c1ncn2C. The number of hydrogen-bond acceptors (Lipinski definition) is 4. The number of rotatable bonds is 5. The standard InChI is InChI=1S/C24H21ClN6O/c1-26-23-20-21(31(2)13-28-20)17-11-19(29-22(17)30-23)15-7-5-6-14(10-15)12-27-24(32)16-8-3-4-9-18(16)25/h3-11,13H,12H2,1-2H3,(H,27,32)(H2,26,29,30). The summed E-state index contributed by atoms with van der Waals surface area (Å²) in [6.07, 6.45) is 1.79. The molecule has 8 heteroatoms. The van der Waals surface area contributed by atoms with E-state index in [2.05, 4.69) is 32.7 Å². The second-order valence-electron chi connectivity index (χ2n) is 7.57. The molecule has 5 rings (SSSR count). The molecule has 0 spiro atoms. The minimum Gasteiger partial charge on any atom is -0.371 e. The van der Waals surface area contributed by atoms with Crippen LogP contribution in [0.5, 0.6) is 0 Å². The highest BCUT2D eigenvalue weighted by Crippen LogP contribution is 2.31. The number of aryl methyl sites for hydroxylation is 1. The number of hydrogen-bond donors (Lipinski definition) is 3. The number of carbonyl (C=O) groups is 1. The third-order valence-electron chi connectivity index (χ3n) is 5.48. The maximum Gasteiger partial charge on any atom is 0.253 e. The lowest BCUT2D eigenvalue weighted by atomic mass is 10.1. The van der Waals surface area contributed by atoms with E-state index in [0.717, 1.165) is 44.7 Å². The first-order valence-electron chi connectivity index (χ1n) is 10.2. The van der Waals surface area contributed by atoms with Crippen molar-refractivity contribution in [2.24, 2.45) is 7.05 Å². The Kier molecular flexibility index (Phi) is 5.03. The maximum atomic E-state index is 12.5. The Balaban J connectivity index is 1.45. The van der Waals surface area contributed by atoms with Gasteiger partial charge < -0.3 is 20.2 Å². The Morgan fingerprint density at radius 3 is 2.81 bits per heavy atom. The van der Waals surface area contributed by atoms with Crippen LogP contribution < -0.4 is 10.6 Å². The van der Waals surface area contributed by atoms with Gasteiger partial charge in [0.2, 0.25) is 0 Å². The van der Waals surface area contributed by atoms with Crippen LogP contribution in [0.25, 0.3) is 33.3 Å². The number of pyridine rings is 1. The van der Waals surface area contributed by atoms with Gasteiger partial charge >= 0.3 is 0 Å². The Morgan fingerprint density at radius 2 is 2.00 bits per heavy atom. The molecule has 0 aliphatic rings. The number of aromatic amines is 1. The zero-order valence-corrected chi connectivity index (χ0v) is 18.4. The van der Waals surface area contributed by atoms with Crippen LogP contribution in [0.1, 0.15) is 15.9 Å². The Morgan fingerprint density at radius 1 is 1.16 bits per heavy atom. The quantitative estimate of drug-likeness (QED) is 0.365. The number of nitrogens with one attached hydrogen (secondary N) is 3. The number of aromatic nitrogens is 4. The summed E-state index contributed by atoms with van der Waals surface area (Å²) in [7, 11) is 3.82. The summed E-state index contributed by atoms with van der Waals surface area (Å²) in [6.45, 7) is 0.395. The van der Waals surface area contributed by atoms with Gasteiger partial charge in [0.15, 0.2) is 5.82 Å². The van der Waals surface area contributed by atoms with Gasteiger partial charge in [0, 0.05) is 31.7 Å². The first-order chi connectivity index (χ1) is 15.5. The first-order valence-corrected chi connectivity index (χ1v) is 10.6. The summed E-state index contributed by atoms with van der Waals surface area (Å²) in [5.41, 5.74) is 6.05. The summed E-state index contributed by atoms with van der Waals surface area (Å²) in [4.78, 5) is 25.1. The zero-order chi connectivity index (χ0) is 22.2. The number of imidazole rings is 1. The first kappa shape index (κ1) is 20.1. The smallest absolute Gasteiger partial charge is 0.253 e. The number of halogens is 1. The fourth-order valence-corrected chi connectivity index (χ4v) is 4.12. The molecule has 0 aliphatic carbocycles. The van der Waals surface area contributed by atoms with Crippen LogP contribution >= 0.6 is 11.6 Å². The summed E-state index contributed by atoms with van der Waals surface area (Å²) < 4.78 is 2.00. The van der Waals surface area contributed by atoms with E-state index in [1.54, 1.807) is 30.6 Å². The van der Waals surface area contributed by atoms with Gasteiger partial charge in [-0.2, -0.15) is 0 Å². The van der Waals surface area contributed by atoms with Gasteiger partial charge in [0.05, 0.1) is 22.4 Å². The topological polar surface area (TPSA) is 87.6 Å². The predicted octanol–water partition coefficient (Wildman–Crippen LogP) is 4.74. The molecule has 0 atom stereocenters. The van der Waals surface area contributed by atoms with E-state index in [0.29, 0.717) is 17.1 Å². The van der Waals surface area contributed by atoms with Crippen molar-refractivity contribution in [3.05, 3.63) is 77.1 Å². The van der Waals surface area contributed by atoms with Crippen molar-refractivity contribution in [1.29, 1.82) is 0 Å². The van der Waals surface area contributed by atoms with Gasteiger partial charge in [-0.1, -0.05) is 41.9 Å². The maximum absolute atomic E-state index is 12.5. The highest BCUT2D eigenvalue weighted by molar-refractivity contribution is 6.33. The lowest BCUT2D eigenvalue weighted by Gasteiger charge is -2.08. The molecule has 2 aromatic carbocycles. The van der Waals surface area contributed by atoms with Crippen LogP contribution in [0.15, 0.2) is 60.9 Å². The minimum absolute atomic E-state index is 0.200. The van der Waals surface area contributed by atoms with Crippen LogP contribution in [0, 0.1) is 0 Å². The molecule has 3 aromatic heterocycles. The van der Waals surface area contributed by atoms with Crippen molar-refractivity contribution in [3.63, 3.8) is 0 Å². The van der Waals surface area contributed by atoms with Crippen LogP contribution in [-0.2, 0) is 13.6 Å². The highest BCUT2D eigenvalue weighted by Gasteiger charge is 2.15. The normalized spacial score (nSPS) is 11.2. The summed E-state index contributed by atoms with van der Waals surface area (Å²) in [5, 5.41) is 7.50. The lowest BCUT2D eigenvalue weighted by molar-refractivity contribution is 0.0951. The minimum atomic E-state index is -0.200. The molecule has 7 nitrogen and oxygen atoms in total. The van der Waals surface area contributed by atoms with Crippen molar-refractivity contribution in [2.45, 2.75) is 6.54 Å². The molecular weight excluding hydrogens is 424 g/mol. The monoisotopic (exact) mass is 444 g/mol. The van der Waals surface area contributed by atoms with E-state index in [-0.39, 0.29) is 5.91 Å². The largest absolute Gasteiger partial charge is 0.371 e. The molecule has 3 heterocycles. The predicted molar refractivity (Wildman–Crippen MR) is 128 cm³/mol. The van der Waals surface area contributed by atoms with Gasteiger partial charge in [-0.25, -0.2) is 9.97 Å². The van der Waals surface area contributed by atoms with Gasteiger partial charge in [0.1, 0.15) is 11.2 Å². The third-order valence-corrected chi connectivity index (χ3v) is 5.81. The van der Waals surface area contributed by atoms with E-state index in [1.807, 2.05) is 36.9 Å². The van der Waals surface area contributed by atoms with Crippen molar-refractivity contribution in [1.82, 2.24) is 24.8 Å². The Labute approximate surface area is 189 Å². The van der Waals surface area contributed by atoms with Gasteiger partial charge in [-0.3, -0.25) is 4.79 Å². The molecule has 0 saturated carbocycles. The van der Waals surface area contributed by atoms with Crippen LogP contribution in [0.4, 0.5) is 5.82 Å². The number of fused-ring (bicyclic) bond motifs is 3. The lowest BCUT2D eigenvalue weighted by Crippen LogP contribution is -2.23. The summed E-state index contributed by atoms with van der Waals surface area (Å²) in [5.74, 6) is 0.534. The Hall–Kier alpha value is -3.84. The molecule has 3 N–H and O–H groups in total. The fraction of sp³-hybridized carbons (Fsp3) is 0.125. The third kappa shape index (κ3) is 3.46. The molecular formula is C24H21ClN6O. The van der Waals surface area contributed by atoms with E-state index in [4.69, 9.17) is 16.6 Å². The van der Waals surface area contributed by atoms with E-state index < -0.39 is 0 Å². The highest BCUT2D eigenvalue weighted by atomic mass is 35.5. The molecule has 0 radical (unpaired) electrons. The van der Waals surface area contributed by atoms with Gasteiger partial charge in [-0.05, 0) is 35.4 Å². The number of amides is 1. The molecule has 160 valence electrons. The molecule has 32 heavy (non-hydrogen) atoms. The summed E-state index contributed by atoms with van der Waals surface area (Å²) in [6, 6.07) is 17.2. The molecule has 0 saturated heterocycles. The van der Waals surface area contributed by atoms with Crippen LogP contribution in [-0.4, -0.2) is 32.5 Å². The average molecular weight is 445 g/mol. The number of carbonyl (C=O) groups excluding carboxylic acids is 1. The Bertz CT molecular complexity index is 1470. The average Bonchev–Trinajstić information content (AvgIpc) is 3.41. The number of nitrogens with zero attached hydrogens (tertiary/aromatic N) is 3. The second-order valence-corrected chi connectivity index (χ2v) is 7.98. The summed E-state index contributed by atoms with van der Waals surface area (Å²) >= 11 is 6.13. The van der Waals surface area contributed by atoms with Crippen LogP contribution in [0.2, 0.25) is 5.02 Å². The van der Waals surface area contributed by atoms with Crippen molar-refractivity contribution in [3.8, 4) is 11.3 Å². The molecule has 1 amide bonds. The van der Waals surface area contributed by atoms with Crippen molar-refractivity contribution >= 4 is 45.4 Å². The number of benzene rings is 2.